The summed E-state index contributed by atoms with van der Waals surface area (Å²) in [5.41, 5.74) is 0.261. The van der Waals surface area contributed by atoms with Crippen molar-refractivity contribution >= 4 is 12.1 Å². The molecule has 0 spiro atoms. The van der Waals surface area contributed by atoms with Crippen molar-refractivity contribution in [2.24, 2.45) is 5.92 Å². The van der Waals surface area contributed by atoms with Gasteiger partial charge in [-0.25, -0.2) is 4.79 Å². The van der Waals surface area contributed by atoms with Crippen LogP contribution in [0.5, 0.6) is 0 Å². The molecule has 1 amide bonds. The molecule has 0 radical (unpaired) electrons. The fourth-order valence-electron chi connectivity index (χ4n) is 3.02. The standard InChI is InChI=1S/C18H26N2O4/c1-18(2,3)24-17(22)20-11-7-9-14(16(21)23-4)15(20)12-13-8-5-6-10-19-13/h5-6,8,10,14-15H,7,9,11-12H2,1-4H3. The van der Waals surface area contributed by atoms with Crippen LogP contribution in [0.1, 0.15) is 39.3 Å². The number of piperidine rings is 1. The second-order valence-electron chi connectivity index (χ2n) is 7.04. The molecule has 0 aliphatic carbocycles. The molecule has 0 saturated carbocycles. The minimum Gasteiger partial charge on any atom is -0.469 e. The molecule has 1 aliphatic rings. The summed E-state index contributed by atoms with van der Waals surface area (Å²) in [4.78, 5) is 30.8. The summed E-state index contributed by atoms with van der Waals surface area (Å²) in [5.74, 6) is -0.650. The van der Waals surface area contributed by atoms with E-state index in [0.29, 0.717) is 19.4 Å². The molecule has 0 bridgehead atoms. The third-order valence-corrected chi connectivity index (χ3v) is 4.06. The fraction of sp³-hybridized carbons (Fsp3) is 0.611. The van der Waals surface area contributed by atoms with E-state index >= 15 is 0 Å². The maximum absolute atomic E-state index is 12.6. The van der Waals surface area contributed by atoms with E-state index < -0.39 is 11.7 Å². The van der Waals surface area contributed by atoms with Crippen LogP contribution in [0, 0.1) is 5.92 Å². The Hall–Kier alpha value is -2.11. The van der Waals surface area contributed by atoms with E-state index in [1.54, 1.807) is 11.1 Å². The van der Waals surface area contributed by atoms with Gasteiger partial charge in [0.2, 0.25) is 0 Å². The molecule has 6 heteroatoms. The van der Waals surface area contributed by atoms with Crippen molar-refractivity contribution in [3.05, 3.63) is 30.1 Å². The number of carbonyl (C=O) groups is 2. The van der Waals surface area contributed by atoms with Crippen LogP contribution in [0.2, 0.25) is 0 Å². The van der Waals surface area contributed by atoms with E-state index in [0.717, 1.165) is 12.1 Å². The number of nitrogens with zero attached hydrogens (tertiary/aromatic N) is 2. The highest BCUT2D eigenvalue weighted by Crippen LogP contribution is 2.28. The Morgan fingerprint density at radius 3 is 2.67 bits per heavy atom. The molecule has 0 aromatic carbocycles. The van der Waals surface area contributed by atoms with E-state index in [-0.39, 0.29) is 17.9 Å². The lowest BCUT2D eigenvalue weighted by Crippen LogP contribution is -2.53. The van der Waals surface area contributed by atoms with Crippen molar-refractivity contribution in [2.45, 2.75) is 51.7 Å². The van der Waals surface area contributed by atoms with Crippen molar-refractivity contribution in [1.29, 1.82) is 0 Å². The quantitative estimate of drug-likeness (QED) is 0.795. The Labute approximate surface area is 143 Å². The van der Waals surface area contributed by atoms with Crippen LogP contribution in [0.3, 0.4) is 0 Å². The van der Waals surface area contributed by atoms with E-state index in [2.05, 4.69) is 4.98 Å². The number of ether oxygens (including phenoxy) is 2. The highest BCUT2D eigenvalue weighted by Gasteiger charge is 2.40. The number of rotatable bonds is 3. The third-order valence-electron chi connectivity index (χ3n) is 4.06. The summed E-state index contributed by atoms with van der Waals surface area (Å²) in [7, 11) is 1.38. The summed E-state index contributed by atoms with van der Waals surface area (Å²) in [5, 5.41) is 0. The monoisotopic (exact) mass is 334 g/mol. The van der Waals surface area contributed by atoms with Crippen molar-refractivity contribution in [2.75, 3.05) is 13.7 Å². The second-order valence-corrected chi connectivity index (χ2v) is 7.04. The number of methoxy groups -OCH3 is 1. The predicted octanol–water partition coefficient (Wildman–Crippen LogP) is 2.81. The molecule has 1 aliphatic heterocycles. The van der Waals surface area contributed by atoms with Crippen LogP contribution >= 0.6 is 0 Å². The molecule has 2 atom stereocenters. The van der Waals surface area contributed by atoms with E-state index in [1.165, 1.54) is 7.11 Å². The summed E-state index contributed by atoms with van der Waals surface area (Å²) in [6.45, 7) is 6.07. The molecular weight excluding hydrogens is 308 g/mol. The van der Waals surface area contributed by atoms with E-state index in [1.807, 2.05) is 39.0 Å². The number of esters is 1. The van der Waals surface area contributed by atoms with Gasteiger partial charge in [0.05, 0.1) is 19.1 Å². The van der Waals surface area contributed by atoms with Crippen molar-refractivity contribution in [3.8, 4) is 0 Å². The maximum atomic E-state index is 12.6. The molecule has 6 nitrogen and oxygen atoms in total. The number of aromatic nitrogens is 1. The highest BCUT2D eigenvalue weighted by molar-refractivity contribution is 5.76. The molecule has 1 aromatic heterocycles. The lowest BCUT2D eigenvalue weighted by Gasteiger charge is -2.40. The minimum absolute atomic E-state index is 0.288. The number of likely N-dealkylation sites (tertiary alicyclic amines) is 1. The van der Waals surface area contributed by atoms with Gasteiger partial charge in [-0.3, -0.25) is 9.78 Å². The fourth-order valence-corrected chi connectivity index (χ4v) is 3.02. The number of carbonyl (C=O) groups excluding carboxylic acids is 2. The number of hydrogen-bond donors (Lipinski definition) is 0. The van der Waals surface area contributed by atoms with Gasteiger partial charge in [0.15, 0.2) is 0 Å². The first-order valence-corrected chi connectivity index (χ1v) is 8.29. The Morgan fingerprint density at radius 1 is 1.33 bits per heavy atom. The summed E-state index contributed by atoms with van der Waals surface area (Å²) >= 11 is 0. The highest BCUT2D eigenvalue weighted by atomic mass is 16.6. The smallest absolute Gasteiger partial charge is 0.410 e. The van der Waals surface area contributed by atoms with Crippen LogP contribution in [0.25, 0.3) is 0 Å². The summed E-state index contributed by atoms with van der Waals surface area (Å²) in [6, 6.07) is 5.33. The first-order valence-electron chi connectivity index (χ1n) is 8.29. The number of hydrogen-bond acceptors (Lipinski definition) is 5. The Bertz CT molecular complexity index is 568. The zero-order valence-electron chi connectivity index (χ0n) is 14.8. The molecule has 2 unspecified atom stereocenters. The van der Waals surface area contributed by atoms with Crippen LogP contribution in [-0.4, -0.2) is 47.2 Å². The van der Waals surface area contributed by atoms with Crippen molar-refractivity contribution < 1.29 is 19.1 Å². The zero-order chi connectivity index (χ0) is 17.7. The topological polar surface area (TPSA) is 68.7 Å². The minimum atomic E-state index is -0.579. The van der Waals surface area contributed by atoms with Crippen LogP contribution < -0.4 is 0 Å². The summed E-state index contributed by atoms with van der Waals surface area (Å²) < 4.78 is 10.5. The van der Waals surface area contributed by atoms with Gasteiger partial charge in [-0.15, -0.1) is 0 Å². The molecule has 1 saturated heterocycles. The van der Waals surface area contributed by atoms with Crippen LogP contribution in [0.15, 0.2) is 24.4 Å². The van der Waals surface area contributed by atoms with Crippen molar-refractivity contribution in [1.82, 2.24) is 9.88 Å². The largest absolute Gasteiger partial charge is 0.469 e. The van der Waals surface area contributed by atoms with Gasteiger partial charge in [0.1, 0.15) is 5.60 Å². The first kappa shape index (κ1) is 18.2. The molecule has 132 valence electrons. The van der Waals surface area contributed by atoms with E-state index in [9.17, 15) is 9.59 Å². The number of pyridine rings is 1. The normalized spacial score (nSPS) is 21.2. The Balaban J connectivity index is 2.25. The molecule has 1 aromatic rings. The van der Waals surface area contributed by atoms with Gasteiger partial charge in [0, 0.05) is 24.9 Å². The van der Waals surface area contributed by atoms with Gasteiger partial charge in [-0.05, 0) is 45.7 Å². The molecular formula is C18H26N2O4. The SMILES string of the molecule is COC(=O)C1CCCN(C(=O)OC(C)(C)C)C1Cc1ccccn1. The molecule has 24 heavy (non-hydrogen) atoms. The van der Waals surface area contributed by atoms with Gasteiger partial charge >= 0.3 is 12.1 Å². The summed E-state index contributed by atoms with van der Waals surface area (Å²) in [6.07, 6.45) is 3.27. The van der Waals surface area contributed by atoms with Gasteiger partial charge in [-0.1, -0.05) is 6.07 Å². The van der Waals surface area contributed by atoms with Crippen molar-refractivity contribution in [3.63, 3.8) is 0 Å². The van der Waals surface area contributed by atoms with Gasteiger partial charge in [-0.2, -0.15) is 0 Å². The number of amides is 1. The third kappa shape index (κ3) is 4.69. The van der Waals surface area contributed by atoms with Crippen LogP contribution in [0.4, 0.5) is 4.79 Å². The molecule has 1 fully saturated rings. The lowest BCUT2D eigenvalue weighted by atomic mass is 9.86. The van der Waals surface area contributed by atoms with Crippen LogP contribution in [-0.2, 0) is 20.7 Å². The van der Waals surface area contributed by atoms with Gasteiger partial charge < -0.3 is 14.4 Å². The van der Waals surface area contributed by atoms with Gasteiger partial charge in [0.25, 0.3) is 0 Å². The predicted molar refractivity (Wildman–Crippen MR) is 89.4 cm³/mol. The lowest BCUT2D eigenvalue weighted by molar-refractivity contribution is -0.149. The average Bonchev–Trinajstić information content (AvgIpc) is 2.53. The zero-order valence-corrected chi connectivity index (χ0v) is 14.8. The van der Waals surface area contributed by atoms with E-state index in [4.69, 9.17) is 9.47 Å². The first-order chi connectivity index (χ1) is 11.3. The Kier molecular flexibility index (Phi) is 5.80. The average molecular weight is 334 g/mol. The molecule has 2 rings (SSSR count). The maximum Gasteiger partial charge on any atom is 0.410 e. The second kappa shape index (κ2) is 7.64. The Morgan fingerprint density at radius 2 is 2.08 bits per heavy atom. The molecule has 0 N–H and O–H groups in total. The molecule has 2 heterocycles.